The van der Waals surface area contributed by atoms with E-state index in [0.29, 0.717) is 42.5 Å². The third-order valence-electron chi connectivity index (χ3n) is 4.69. The van der Waals surface area contributed by atoms with Crippen molar-refractivity contribution in [3.05, 3.63) is 53.0 Å². The number of hydrogen-bond donors (Lipinski definition) is 0. The summed E-state index contributed by atoms with van der Waals surface area (Å²) in [5.41, 5.74) is 2.29. The average Bonchev–Trinajstić information content (AvgIpc) is 3.19. The molecular formula is C18H16ClN5O3S. The Hall–Kier alpha value is -2.67. The van der Waals surface area contributed by atoms with E-state index < -0.39 is 10.0 Å². The second-order valence-corrected chi connectivity index (χ2v) is 8.83. The van der Waals surface area contributed by atoms with Crippen LogP contribution in [0.4, 0.5) is 5.69 Å². The molecule has 8 nitrogen and oxygen atoms in total. The van der Waals surface area contributed by atoms with Crippen molar-refractivity contribution in [3.8, 4) is 6.07 Å². The number of hydrogen-bond acceptors (Lipinski definition) is 7. The summed E-state index contributed by atoms with van der Waals surface area (Å²) in [5.74, 6) is -0.194. The van der Waals surface area contributed by atoms with E-state index >= 15 is 0 Å². The highest BCUT2D eigenvalue weighted by atomic mass is 35.5. The van der Waals surface area contributed by atoms with Gasteiger partial charge in [-0.05, 0) is 18.2 Å². The first-order chi connectivity index (χ1) is 13.5. The first-order valence-corrected chi connectivity index (χ1v) is 10.6. The van der Waals surface area contributed by atoms with Gasteiger partial charge >= 0.3 is 0 Å². The van der Waals surface area contributed by atoms with E-state index in [0.717, 1.165) is 16.6 Å². The Kier molecular flexibility index (Phi) is 4.93. The lowest BCUT2D eigenvalue weighted by atomic mass is 10.1. The van der Waals surface area contributed by atoms with E-state index in [1.807, 2.05) is 4.90 Å². The molecule has 0 spiro atoms. The smallest absolute Gasteiger partial charge is 0.220 e. The number of piperazine rings is 1. The molecule has 1 saturated heterocycles. The van der Waals surface area contributed by atoms with Crippen molar-refractivity contribution in [2.45, 2.75) is 5.75 Å². The predicted octanol–water partition coefficient (Wildman–Crippen LogP) is 2.40. The Balaban J connectivity index is 1.59. The van der Waals surface area contributed by atoms with Crippen LogP contribution in [0.5, 0.6) is 0 Å². The van der Waals surface area contributed by atoms with E-state index in [4.69, 9.17) is 16.1 Å². The largest absolute Gasteiger partial charge is 0.367 e. The SMILES string of the molecule is N#Cc1cnc2ccc(Cl)cc2c1N1CCN(S(=O)(=O)Cc2ccon2)CC1. The van der Waals surface area contributed by atoms with Gasteiger partial charge in [0.25, 0.3) is 0 Å². The molecule has 0 unspecified atom stereocenters. The zero-order chi connectivity index (χ0) is 19.7. The average molecular weight is 418 g/mol. The third kappa shape index (κ3) is 3.54. The van der Waals surface area contributed by atoms with Gasteiger partial charge in [0.2, 0.25) is 10.0 Å². The minimum absolute atomic E-state index is 0.194. The zero-order valence-corrected chi connectivity index (χ0v) is 16.3. The van der Waals surface area contributed by atoms with Crippen LogP contribution < -0.4 is 4.90 Å². The lowest BCUT2D eigenvalue weighted by Gasteiger charge is -2.36. The van der Waals surface area contributed by atoms with Crippen LogP contribution in [0, 0.1) is 11.3 Å². The lowest BCUT2D eigenvalue weighted by Crippen LogP contribution is -2.49. The first kappa shape index (κ1) is 18.7. The van der Waals surface area contributed by atoms with Gasteiger partial charge in [-0.3, -0.25) is 4.98 Å². The standard InChI is InChI=1S/C18H16ClN5O3S/c19-14-1-2-17-16(9-14)18(13(10-20)11-21-17)23-4-6-24(7-5-23)28(25,26)12-15-3-8-27-22-15/h1-3,8-9,11H,4-7,12H2. The molecule has 0 bridgehead atoms. The molecule has 0 atom stereocenters. The quantitative estimate of drug-likeness (QED) is 0.641. The summed E-state index contributed by atoms with van der Waals surface area (Å²) in [5, 5.41) is 14.5. The van der Waals surface area contributed by atoms with Gasteiger partial charge in [0.15, 0.2) is 0 Å². The molecular weight excluding hydrogens is 402 g/mol. The van der Waals surface area contributed by atoms with Gasteiger partial charge in [0, 0.05) is 48.9 Å². The second kappa shape index (κ2) is 7.39. The molecule has 144 valence electrons. The minimum atomic E-state index is -3.49. The third-order valence-corrected chi connectivity index (χ3v) is 6.74. The summed E-state index contributed by atoms with van der Waals surface area (Å²) in [6, 6.07) is 9.06. The second-order valence-electron chi connectivity index (χ2n) is 6.43. The number of fused-ring (bicyclic) bond motifs is 1. The van der Waals surface area contributed by atoms with Gasteiger partial charge in [-0.1, -0.05) is 16.8 Å². The Morgan fingerprint density at radius 3 is 2.68 bits per heavy atom. The molecule has 2 aromatic heterocycles. The van der Waals surface area contributed by atoms with Crippen LogP contribution in [0.15, 0.2) is 41.2 Å². The predicted molar refractivity (Wildman–Crippen MR) is 104 cm³/mol. The van der Waals surface area contributed by atoms with Crippen molar-refractivity contribution in [2.75, 3.05) is 31.1 Å². The van der Waals surface area contributed by atoms with Gasteiger partial charge in [-0.2, -0.15) is 9.57 Å². The van der Waals surface area contributed by atoms with Crippen LogP contribution in [-0.2, 0) is 15.8 Å². The number of nitriles is 1. The number of pyridine rings is 1. The number of halogens is 1. The van der Waals surface area contributed by atoms with Gasteiger partial charge in [-0.25, -0.2) is 8.42 Å². The first-order valence-electron chi connectivity index (χ1n) is 8.58. The molecule has 1 fully saturated rings. The molecule has 3 heterocycles. The van der Waals surface area contributed by atoms with Crippen LogP contribution in [0.1, 0.15) is 11.3 Å². The van der Waals surface area contributed by atoms with Crippen molar-refractivity contribution in [1.82, 2.24) is 14.4 Å². The lowest BCUT2D eigenvalue weighted by molar-refractivity contribution is 0.382. The summed E-state index contributed by atoms with van der Waals surface area (Å²) in [7, 11) is -3.49. The van der Waals surface area contributed by atoms with E-state index in [2.05, 4.69) is 16.2 Å². The highest BCUT2D eigenvalue weighted by Gasteiger charge is 2.29. The molecule has 10 heteroatoms. The Bertz CT molecular complexity index is 1150. The Morgan fingerprint density at radius 2 is 2.00 bits per heavy atom. The highest BCUT2D eigenvalue weighted by molar-refractivity contribution is 7.88. The number of benzene rings is 1. The van der Waals surface area contributed by atoms with E-state index in [1.54, 1.807) is 30.5 Å². The van der Waals surface area contributed by atoms with Crippen molar-refractivity contribution in [2.24, 2.45) is 0 Å². The topological polar surface area (TPSA) is 103 Å². The van der Waals surface area contributed by atoms with Crippen LogP contribution in [0.2, 0.25) is 5.02 Å². The zero-order valence-electron chi connectivity index (χ0n) is 14.7. The van der Waals surface area contributed by atoms with Crippen LogP contribution in [0.25, 0.3) is 10.9 Å². The number of anilines is 1. The maximum absolute atomic E-state index is 12.6. The van der Waals surface area contributed by atoms with Crippen LogP contribution in [0.3, 0.4) is 0 Å². The molecule has 0 N–H and O–H groups in total. The molecule has 4 rings (SSSR count). The summed E-state index contributed by atoms with van der Waals surface area (Å²) in [4.78, 5) is 6.33. The van der Waals surface area contributed by atoms with Crippen molar-refractivity contribution >= 4 is 38.2 Å². The molecule has 1 aliphatic rings. The van der Waals surface area contributed by atoms with Crippen molar-refractivity contribution in [1.29, 1.82) is 5.26 Å². The molecule has 28 heavy (non-hydrogen) atoms. The summed E-state index contributed by atoms with van der Waals surface area (Å²) in [6.45, 7) is 1.54. The molecule has 1 aromatic carbocycles. The molecule has 1 aliphatic heterocycles. The van der Waals surface area contributed by atoms with Crippen LogP contribution >= 0.6 is 11.6 Å². The van der Waals surface area contributed by atoms with Crippen LogP contribution in [-0.4, -0.2) is 49.0 Å². The van der Waals surface area contributed by atoms with Gasteiger partial charge in [0.05, 0.1) is 22.5 Å². The molecule has 0 saturated carbocycles. The number of aromatic nitrogens is 2. The van der Waals surface area contributed by atoms with Gasteiger partial charge < -0.3 is 9.42 Å². The maximum atomic E-state index is 12.6. The summed E-state index contributed by atoms with van der Waals surface area (Å²) >= 11 is 6.15. The molecule has 3 aromatic rings. The summed E-state index contributed by atoms with van der Waals surface area (Å²) < 4.78 is 31.4. The van der Waals surface area contributed by atoms with E-state index in [-0.39, 0.29) is 5.75 Å². The molecule has 0 radical (unpaired) electrons. The van der Waals surface area contributed by atoms with Crippen molar-refractivity contribution < 1.29 is 12.9 Å². The maximum Gasteiger partial charge on any atom is 0.220 e. The minimum Gasteiger partial charge on any atom is -0.367 e. The highest BCUT2D eigenvalue weighted by Crippen LogP contribution is 2.32. The fourth-order valence-electron chi connectivity index (χ4n) is 3.35. The van der Waals surface area contributed by atoms with Gasteiger partial charge in [0.1, 0.15) is 18.1 Å². The summed E-state index contributed by atoms with van der Waals surface area (Å²) in [6.07, 6.45) is 2.89. The molecule has 0 aliphatic carbocycles. The monoisotopic (exact) mass is 417 g/mol. The van der Waals surface area contributed by atoms with E-state index in [1.165, 1.54) is 10.6 Å². The fraction of sp³-hybridized carbons (Fsp3) is 0.278. The number of sulfonamides is 1. The normalized spacial score (nSPS) is 15.6. The van der Waals surface area contributed by atoms with E-state index in [9.17, 15) is 13.7 Å². The number of rotatable bonds is 4. The molecule has 0 amide bonds. The van der Waals surface area contributed by atoms with Crippen molar-refractivity contribution in [3.63, 3.8) is 0 Å². The Labute approximate surface area is 167 Å². The number of nitrogens with zero attached hydrogens (tertiary/aromatic N) is 5. The Morgan fingerprint density at radius 1 is 1.21 bits per heavy atom. The van der Waals surface area contributed by atoms with Gasteiger partial charge in [-0.15, -0.1) is 0 Å². The fourth-order valence-corrected chi connectivity index (χ4v) is 4.95.